The number of nitrogens with zero attached hydrogens (tertiary/aromatic N) is 3. The Morgan fingerprint density at radius 3 is 2.45 bits per heavy atom. The van der Waals surface area contributed by atoms with Crippen molar-refractivity contribution in [1.82, 2.24) is 14.5 Å². The third-order valence-corrected chi connectivity index (χ3v) is 3.73. The Labute approximate surface area is 134 Å². The minimum atomic E-state index is 0.142. The van der Waals surface area contributed by atoms with Gasteiger partial charge in [0.1, 0.15) is 17.8 Å². The molecule has 0 bridgehead atoms. The number of hydrogen-bond acceptors (Lipinski definition) is 3. The molecule has 0 unspecified atom stereocenters. The van der Waals surface area contributed by atoms with Crippen LogP contribution in [0.25, 0.3) is 22.2 Å². The van der Waals surface area contributed by atoms with Gasteiger partial charge in [0.2, 0.25) is 0 Å². The molecule has 4 nitrogen and oxygen atoms in total. The van der Waals surface area contributed by atoms with Crippen molar-refractivity contribution < 1.29 is 0 Å². The average Bonchev–Trinajstić information content (AvgIpc) is 2.78. The molecule has 0 amide bonds. The Bertz CT molecular complexity index is 813. The fraction of sp³-hybridized carbons (Fsp3) is 0.294. The predicted molar refractivity (Wildman–Crippen MR) is 91.8 cm³/mol. The van der Waals surface area contributed by atoms with E-state index < -0.39 is 0 Å². The molecule has 22 heavy (non-hydrogen) atoms. The van der Waals surface area contributed by atoms with Gasteiger partial charge in [-0.25, -0.2) is 9.97 Å². The monoisotopic (exact) mass is 314 g/mol. The number of aromatic nitrogens is 3. The zero-order valence-electron chi connectivity index (χ0n) is 13.0. The molecule has 0 fully saturated rings. The summed E-state index contributed by atoms with van der Waals surface area (Å²) in [7, 11) is 0. The van der Waals surface area contributed by atoms with Gasteiger partial charge in [-0.05, 0) is 23.1 Å². The highest BCUT2D eigenvalue weighted by atomic mass is 35.5. The topological polar surface area (TPSA) is 56.7 Å². The maximum absolute atomic E-state index is 6.11. The molecule has 0 radical (unpaired) electrons. The number of halogens is 1. The van der Waals surface area contributed by atoms with Gasteiger partial charge in [-0.15, -0.1) is 0 Å². The molecule has 0 spiro atoms. The number of nitrogen functional groups attached to an aromatic ring is 1. The lowest BCUT2D eigenvalue weighted by Gasteiger charge is -2.19. The van der Waals surface area contributed by atoms with E-state index >= 15 is 0 Å². The van der Waals surface area contributed by atoms with Crippen molar-refractivity contribution in [2.75, 3.05) is 5.73 Å². The first-order chi connectivity index (χ1) is 10.3. The number of anilines is 1. The highest BCUT2D eigenvalue weighted by Gasteiger charge is 2.18. The number of hydrogen-bond donors (Lipinski definition) is 1. The summed E-state index contributed by atoms with van der Waals surface area (Å²) < 4.78 is 2.15. The van der Waals surface area contributed by atoms with E-state index in [-0.39, 0.29) is 5.41 Å². The van der Waals surface area contributed by atoms with Gasteiger partial charge in [-0.3, -0.25) is 0 Å². The van der Waals surface area contributed by atoms with E-state index in [1.807, 2.05) is 24.3 Å². The van der Waals surface area contributed by atoms with E-state index in [2.05, 4.69) is 41.5 Å². The van der Waals surface area contributed by atoms with Gasteiger partial charge in [0.05, 0.1) is 5.39 Å². The van der Waals surface area contributed by atoms with Gasteiger partial charge >= 0.3 is 0 Å². The van der Waals surface area contributed by atoms with Crippen molar-refractivity contribution in [2.45, 2.75) is 27.3 Å². The molecule has 0 aliphatic rings. The second kappa shape index (κ2) is 5.29. The summed E-state index contributed by atoms with van der Waals surface area (Å²) in [4.78, 5) is 8.58. The molecule has 0 aliphatic heterocycles. The average molecular weight is 315 g/mol. The van der Waals surface area contributed by atoms with Crippen molar-refractivity contribution in [3.05, 3.63) is 41.8 Å². The van der Waals surface area contributed by atoms with Gasteiger partial charge in [0.25, 0.3) is 0 Å². The zero-order valence-corrected chi connectivity index (χ0v) is 13.7. The Balaban J connectivity index is 2.24. The molecule has 3 rings (SSSR count). The van der Waals surface area contributed by atoms with Gasteiger partial charge in [0, 0.05) is 23.3 Å². The summed E-state index contributed by atoms with van der Waals surface area (Å²) in [6.07, 6.45) is 3.62. The van der Waals surface area contributed by atoms with Crippen LogP contribution in [0.5, 0.6) is 0 Å². The summed E-state index contributed by atoms with van der Waals surface area (Å²) in [6, 6.07) is 7.74. The molecule has 2 heterocycles. The number of rotatable bonds is 2. The summed E-state index contributed by atoms with van der Waals surface area (Å²) >= 11 is 5.99. The van der Waals surface area contributed by atoms with E-state index in [0.717, 1.165) is 28.7 Å². The van der Waals surface area contributed by atoms with Crippen molar-refractivity contribution in [3.8, 4) is 11.1 Å². The fourth-order valence-electron chi connectivity index (χ4n) is 2.63. The molecule has 114 valence electrons. The molecule has 2 aromatic heterocycles. The third-order valence-electron chi connectivity index (χ3n) is 3.48. The third kappa shape index (κ3) is 2.79. The Morgan fingerprint density at radius 2 is 1.82 bits per heavy atom. The summed E-state index contributed by atoms with van der Waals surface area (Å²) in [5.74, 6) is 0.502. The van der Waals surface area contributed by atoms with Crippen LogP contribution in [0.3, 0.4) is 0 Å². The first-order valence-corrected chi connectivity index (χ1v) is 7.58. The second-order valence-electron chi connectivity index (χ2n) is 6.70. The molecule has 2 N–H and O–H groups in total. The predicted octanol–water partition coefficient (Wildman–Crippen LogP) is 4.38. The largest absolute Gasteiger partial charge is 0.383 e. The zero-order chi connectivity index (χ0) is 15.9. The Morgan fingerprint density at radius 1 is 1.14 bits per heavy atom. The van der Waals surface area contributed by atoms with Crippen LogP contribution < -0.4 is 5.73 Å². The van der Waals surface area contributed by atoms with E-state index in [9.17, 15) is 0 Å². The molecule has 0 saturated heterocycles. The lowest BCUT2D eigenvalue weighted by atomic mass is 9.97. The molecule has 0 aliphatic carbocycles. The molecule has 3 aromatic rings. The maximum Gasteiger partial charge on any atom is 0.146 e. The normalized spacial score (nSPS) is 12.0. The van der Waals surface area contributed by atoms with Crippen molar-refractivity contribution in [1.29, 1.82) is 0 Å². The first-order valence-electron chi connectivity index (χ1n) is 7.20. The van der Waals surface area contributed by atoms with Crippen LogP contribution in [0.15, 0.2) is 36.8 Å². The van der Waals surface area contributed by atoms with Crippen molar-refractivity contribution in [2.24, 2.45) is 5.41 Å². The van der Waals surface area contributed by atoms with Crippen molar-refractivity contribution >= 4 is 28.5 Å². The molecule has 0 atom stereocenters. The number of nitrogens with two attached hydrogens (primary N) is 1. The molecule has 1 aromatic carbocycles. The van der Waals surface area contributed by atoms with Crippen LogP contribution in [0.1, 0.15) is 20.8 Å². The SMILES string of the molecule is CC(C)(C)Cn1cc(-c2ccc(Cl)cc2)c2c(N)ncnc21. The first kappa shape index (κ1) is 14.9. The van der Waals surface area contributed by atoms with Gasteiger partial charge in [0.15, 0.2) is 0 Å². The molecule has 5 heteroatoms. The van der Waals surface area contributed by atoms with Crippen LogP contribution in [-0.2, 0) is 6.54 Å². The fourth-order valence-corrected chi connectivity index (χ4v) is 2.75. The van der Waals surface area contributed by atoms with Crippen LogP contribution in [0, 0.1) is 5.41 Å². The van der Waals surface area contributed by atoms with Crippen LogP contribution in [0.4, 0.5) is 5.82 Å². The van der Waals surface area contributed by atoms with Crippen LogP contribution in [-0.4, -0.2) is 14.5 Å². The van der Waals surface area contributed by atoms with Crippen LogP contribution >= 0.6 is 11.6 Å². The Kier molecular flexibility index (Phi) is 3.57. The highest BCUT2D eigenvalue weighted by Crippen LogP contribution is 2.34. The number of benzene rings is 1. The molecular weight excluding hydrogens is 296 g/mol. The molecular formula is C17H19ClN4. The van der Waals surface area contributed by atoms with E-state index in [1.54, 1.807) is 0 Å². The lowest BCUT2D eigenvalue weighted by molar-refractivity contribution is 0.348. The van der Waals surface area contributed by atoms with Gasteiger partial charge < -0.3 is 10.3 Å². The van der Waals surface area contributed by atoms with Gasteiger partial charge in [-0.2, -0.15) is 0 Å². The van der Waals surface area contributed by atoms with E-state index in [1.165, 1.54) is 6.33 Å². The summed E-state index contributed by atoms with van der Waals surface area (Å²) in [6.45, 7) is 7.45. The standard InChI is InChI=1S/C17H19ClN4/c1-17(2,3)9-22-8-13(11-4-6-12(18)7-5-11)14-15(19)20-10-21-16(14)22/h4-8,10H,9H2,1-3H3,(H2,19,20,21). The Hall–Kier alpha value is -2.07. The summed E-state index contributed by atoms with van der Waals surface area (Å²) in [5.41, 5.74) is 9.22. The smallest absolute Gasteiger partial charge is 0.146 e. The lowest BCUT2D eigenvalue weighted by Crippen LogP contribution is -2.15. The van der Waals surface area contributed by atoms with Crippen molar-refractivity contribution in [3.63, 3.8) is 0 Å². The summed E-state index contributed by atoms with van der Waals surface area (Å²) in [5, 5.41) is 1.61. The van der Waals surface area contributed by atoms with E-state index in [0.29, 0.717) is 10.8 Å². The highest BCUT2D eigenvalue weighted by molar-refractivity contribution is 6.30. The maximum atomic E-state index is 6.11. The minimum absolute atomic E-state index is 0.142. The minimum Gasteiger partial charge on any atom is -0.383 e. The second-order valence-corrected chi connectivity index (χ2v) is 7.13. The molecule has 0 saturated carbocycles. The van der Waals surface area contributed by atoms with E-state index in [4.69, 9.17) is 17.3 Å². The quantitative estimate of drug-likeness (QED) is 0.763. The van der Waals surface area contributed by atoms with Crippen LogP contribution in [0.2, 0.25) is 5.02 Å². The number of fused-ring (bicyclic) bond motifs is 1. The van der Waals surface area contributed by atoms with Gasteiger partial charge in [-0.1, -0.05) is 44.5 Å².